The standard InChI is InChI=1S/C15H18BrNOS/c1-11-15(19-10-17-11)6-5-13(9-18)7-12-3-2-4-14(16)8-12/h2-4,8,10,13,18H,5-7,9H2,1H3. The Hall–Kier alpha value is -0.710. The highest BCUT2D eigenvalue weighted by Crippen LogP contribution is 2.21. The minimum absolute atomic E-state index is 0.240. The summed E-state index contributed by atoms with van der Waals surface area (Å²) in [5, 5.41) is 9.53. The summed E-state index contributed by atoms with van der Waals surface area (Å²) in [4.78, 5) is 5.61. The molecule has 0 bridgehead atoms. The van der Waals surface area contributed by atoms with Crippen LogP contribution in [0.4, 0.5) is 0 Å². The monoisotopic (exact) mass is 339 g/mol. The van der Waals surface area contributed by atoms with Crippen LogP contribution in [0.3, 0.4) is 0 Å². The SMILES string of the molecule is Cc1ncsc1CCC(CO)Cc1cccc(Br)c1. The lowest BCUT2D eigenvalue weighted by Crippen LogP contribution is -2.11. The van der Waals surface area contributed by atoms with Crippen LogP contribution in [0.15, 0.2) is 34.2 Å². The maximum atomic E-state index is 9.53. The van der Waals surface area contributed by atoms with Crippen molar-refractivity contribution >= 4 is 27.3 Å². The molecule has 4 heteroatoms. The molecule has 2 nitrogen and oxygen atoms in total. The lowest BCUT2D eigenvalue weighted by Gasteiger charge is -2.14. The first-order valence-electron chi connectivity index (χ1n) is 6.43. The number of benzene rings is 1. The van der Waals surface area contributed by atoms with E-state index in [1.54, 1.807) is 11.3 Å². The zero-order valence-corrected chi connectivity index (χ0v) is 13.4. The lowest BCUT2D eigenvalue weighted by molar-refractivity contribution is 0.218. The molecule has 0 aliphatic carbocycles. The van der Waals surface area contributed by atoms with E-state index in [9.17, 15) is 5.11 Å². The highest BCUT2D eigenvalue weighted by atomic mass is 79.9. The van der Waals surface area contributed by atoms with E-state index in [1.165, 1.54) is 10.4 Å². The second-order valence-corrected chi connectivity index (χ2v) is 6.64. The summed E-state index contributed by atoms with van der Waals surface area (Å²) in [5.74, 6) is 0.316. The number of aliphatic hydroxyl groups is 1. The summed E-state index contributed by atoms with van der Waals surface area (Å²) >= 11 is 5.20. The van der Waals surface area contributed by atoms with Crippen molar-refractivity contribution in [2.45, 2.75) is 26.2 Å². The largest absolute Gasteiger partial charge is 0.396 e. The summed E-state index contributed by atoms with van der Waals surface area (Å²) in [6.45, 7) is 2.29. The van der Waals surface area contributed by atoms with Gasteiger partial charge < -0.3 is 5.11 Å². The molecule has 1 heterocycles. The highest BCUT2D eigenvalue weighted by Gasteiger charge is 2.11. The first-order valence-corrected chi connectivity index (χ1v) is 8.10. The molecule has 1 aromatic carbocycles. The number of aryl methyl sites for hydroxylation is 2. The van der Waals surface area contributed by atoms with Crippen LogP contribution in [-0.2, 0) is 12.8 Å². The van der Waals surface area contributed by atoms with Crippen molar-refractivity contribution in [2.75, 3.05) is 6.61 Å². The van der Waals surface area contributed by atoms with Crippen molar-refractivity contribution in [3.63, 3.8) is 0 Å². The topological polar surface area (TPSA) is 33.1 Å². The van der Waals surface area contributed by atoms with Gasteiger partial charge in [0.25, 0.3) is 0 Å². The lowest BCUT2D eigenvalue weighted by atomic mass is 9.95. The molecule has 0 saturated carbocycles. The van der Waals surface area contributed by atoms with E-state index in [-0.39, 0.29) is 6.61 Å². The van der Waals surface area contributed by atoms with Crippen LogP contribution >= 0.6 is 27.3 Å². The number of hydrogen-bond donors (Lipinski definition) is 1. The average molecular weight is 340 g/mol. The summed E-state index contributed by atoms with van der Waals surface area (Å²) in [7, 11) is 0. The zero-order valence-electron chi connectivity index (χ0n) is 11.0. The van der Waals surface area contributed by atoms with Crippen molar-refractivity contribution in [1.82, 2.24) is 4.98 Å². The van der Waals surface area contributed by atoms with Crippen molar-refractivity contribution < 1.29 is 5.11 Å². The fraction of sp³-hybridized carbons (Fsp3) is 0.400. The number of aliphatic hydroxyl groups excluding tert-OH is 1. The maximum Gasteiger partial charge on any atom is 0.0797 e. The Morgan fingerprint density at radius 2 is 2.26 bits per heavy atom. The predicted octanol–water partition coefficient (Wildman–Crippen LogP) is 4.00. The van der Waals surface area contributed by atoms with E-state index in [4.69, 9.17) is 0 Å². The fourth-order valence-corrected chi connectivity index (χ4v) is 3.40. The van der Waals surface area contributed by atoms with Crippen LogP contribution in [0.25, 0.3) is 0 Å². The van der Waals surface area contributed by atoms with Gasteiger partial charge in [-0.05, 0) is 49.8 Å². The molecule has 1 atom stereocenters. The second kappa shape index (κ2) is 7.17. The van der Waals surface area contributed by atoms with Crippen molar-refractivity contribution in [3.8, 4) is 0 Å². The molecule has 0 fully saturated rings. The Morgan fingerprint density at radius 3 is 2.89 bits per heavy atom. The summed E-state index contributed by atoms with van der Waals surface area (Å²) in [6.07, 6.45) is 2.94. The smallest absolute Gasteiger partial charge is 0.0797 e. The van der Waals surface area contributed by atoms with Crippen molar-refractivity contribution in [3.05, 3.63) is 50.4 Å². The molecular weight excluding hydrogens is 322 g/mol. The summed E-state index contributed by atoms with van der Waals surface area (Å²) < 4.78 is 1.10. The number of rotatable bonds is 6. The third-order valence-corrected chi connectivity index (χ3v) is 4.78. The second-order valence-electron chi connectivity index (χ2n) is 4.78. The molecule has 1 unspecified atom stereocenters. The fourth-order valence-electron chi connectivity index (χ4n) is 2.16. The Balaban J connectivity index is 1.92. The predicted molar refractivity (Wildman–Crippen MR) is 83.6 cm³/mol. The van der Waals surface area contributed by atoms with Gasteiger partial charge in [-0.1, -0.05) is 28.1 Å². The number of nitrogens with zero attached hydrogens (tertiary/aromatic N) is 1. The van der Waals surface area contributed by atoms with Gasteiger partial charge in [0.1, 0.15) is 0 Å². The minimum Gasteiger partial charge on any atom is -0.396 e. The molecular formula is C15H18BrNOS. The van der Waals surface area contributed by atoms with Gasteiger partial charge in [0, 0.05) is 16.0 Å². The van der Waals surface area contributed by atoms with Gasteiger partial charge >= 0.3 is 0 Å². The Kier molecular flexibility index (Phi) is 5.55. The van der Waals surface area contributed by atoms with Gasteiger partial charge in [0.2, 0.25) is 0 Å². The van der Waals surface area contributed by atoms with Gasteiger partial charge in [-0.15, -0.1) is 11.3 Å². The maximum absolute atomic E-state index is 9.53. The Bertz CT molecular complexity index is 526. The normalized spacial score (nSPS) is 12.6. The first-order chi connectivity index (χ1) is 9.19. The molecule has 0 spiro atoms. The zero-order chi connectivity index (χ0) is 13.7. The molecule has 19 heavy (non-hydrogen) atoms. The Morgan fingerprint density at radius 1 is 1.42 bits per heavy atom. The number of halogens is 1. The van der Waals surface area contributed by atoms with Crippen LogP contribution in [0.1, 0.15) is 22.6 Å². The van der Waals surface area contributed by atoms with E-state index in [0.29, 0.717) is 5.92 Å². The third kappa shape index (κ3) is 4.41. The number of aromatic nitrogens is 1. The molecule has 2 rings (SSSR count). The molecule has 0 aliphatic heterocycles. The van der Waals surface area contributed by atoms with Crippen LogP contribution in [0, 0.1) is 12.8 Å². The van der Waals surface area contributed by atoms with E-state index in [2.05, 4.69) is 33.0 Å². The number of thiazole rings is 1. The van der Waals surface area contributed by atoms with Crippen LogP contribution in [-0.4, -0.2) is 16.7 Å². The van der Waals surface area contributed by atoms with Crippen LogP contribution < -0.4 is 0 Å². The quantitative estimate of drug-likeness (QED) is 0.862. The van der Waals surface area contributed by atoms with E-state index in [0.717, 1.165) is 29.4 Å². The van der Waals surface area contributed by atoms with E-state index < -0.39 is 0 Å². The molecule has 1 N–H and O–H groups in total. The van der Waals surface area contributed by atoms with Crippen molar-refractivity contribution in [1.29, 1.82) is 0 Å². The summed E-state index contributed by atoms with van der Waals surface area (Å²) in [5.41, 5.74) is 4.30. The minimum atomic E-state index is 0.240. The van der Waals surface area contributed by atoms with Gasteiger partial charge in [-0.2, -0.15) is 0 Å². The van der Waals surface area contributed by atoms with Crippen LogP contribution in [0.2, 0.25) is 0 Å². The van der Waals surface area contributed by atoms with Crippen LogP contribution in [0.5, 0.6) is 0 Å². The molecule has 2 aromatic rings. The van der Waals surface area contributed by atoms with E-state index >= 15 is 0 Å². The molecule has 0 saturated heterocycles. The number of hydrogen-bond acceptors (Lipinski definition) is 3. The third-order valence-electron chi connectivity index (χ3n) is 3.30. The Labute approximate surface area is 126 Å². The molecule has 0 amide bonds. The van der Waals surface area contributed by atoms with Gasteiger partial charge in [0.05, 0.1) is 11.2 Å². The van der Waals surface area contributed by atoms with Gasteiger partial charge in [0.15, 0.2) is 0 Å². The molecule has 1 aromatic heterocycles. The first kappa shape index (κ1) is 14.7. The van der Waals surface area contributed by atoms with E-state index in [1.807, 2.05) is 24.6 Å². The molecule has 0 radical (unpaired) electrons. The average Bonchev–Trinajstić information content (AvgIpc) is 2.80. The summed E-state index contributed by atoms with van der Waals surface area (Å²) in [6, 6.07) is 8.31. The van der Waals surface area contributed by atoms with Crippen molar-refractivity contribution in [2.24, 2.45) is 5.92 Å². The molecule has 102 valence electrons. The van der Waals surface area contributed by atoms with Gasteiger partial charge in [-0.25, -0.2) is 4.98 Å². The molecule has 0 aliphatic rings. The highest BCUT2D eigenvalue weighted by molar-refractivity contribution is 9.10. The van der Waals surface area contributed by atoms with Gasteiger partial charge in [-0.3, -0.25) is 0 Å².